The molecule has 19 heavy (non-hydrogen) atoms. The summed E-state index contributed by atoms with van der Waals surface area (Å²) in [5.41, 5.74) is 0. The lowest BCUT2D eigenvalue weighted by atomic mass is 9.79. The maximum absolute atomic E-state index is 12.7. The normalized spacial score (nSPS) is 26.7. The molecule has 1 fully saturated rings. The largest absolute Gasteiger partial charge is 0.373 e. The van der Waals surface area contributed by atoms with Crippen LogP contribution in [0.15, 0.2) is 0 Å². The molecule has 1 unspecified atom stereocenters. The molecule has 1 saturated carbocycles. The van der Waals surface area contributed by atoms with Gasteiger partial charge in [-0.05, 0) is 31.7 Å². The minimum atomic E-state index is -4.06. The Morgan fingerprint density at radius 3 is 2.26 bits per heavy atom. The first kappa shape index (κ1) is 16.7. The van der Waals surface area contributed by atoms with Crippen LogP contribution in [0, 0.1) is 11.8 Å². The molecular weight excluding hydrogens is 262 g/mol. The first-order chi connectivity index (χ1) is 8.86. The van der Waals surface area contributed by atoms with Crippen molar-refractivity contribution in [3.05, 3.63) is 0 Å². The average Bonchev–Trinajstić information content (AvgIpc) is 2.36. The summed E-state index contributed by atoms with van der Waals surface area (Å²) in [5, 5.41) is 3.04. The van der Waals surface area contributed by atoms with E-state index in [1.165, 1.54) is 0 Å². The highest BCUT2D eigenvalue weighted by atomic mass is 19.3. The van der Waals surface area contributed by atoms with Gasteiger partial charge in [-0.15, -0.1) is 0 Å². The van der Waals surface area contributed by atoms with Crippen molar-refractivity contribution in [3.63, 3.8) is 0 Å². The van der Waals surface area contributed by atoms with Gasteiger partial charge in [-0.2, -0.15) is 8.78 Å². The molecule has 0 spiro atoms. The van der Waals surface area contributed by atoms with E-state index in [0.717, 1.165) is 25.7 Å². The number of alkyl halides is 4. The third-order valence-corrected chi connectivity index (χ3v) is 3.91. The van der Waals surface area contributed by atoms with Crippen molar-refractivity contribution < 1.29 is 22.3 Å². The van der Waals surface area contributed by atoms with E-state index in [-0.39, 0.29) is 12.6 Å². The van der Waals surface area contributed by atoms with Gasteiger partial charge in [-0.1, -0.05) is 19.8 Å². The SMILES string of the molecule is CNC(COCC(F)(F)C(F)F)C1CCC(C)CC1. The van der Waals surface area contributed by atoms with Crippen LogP contribution < -0.4 is 5.32 Å². The van der Waals surface area contributed by atoms with Gasteiger partial charge in [0.25, 0.3) is 0 Å². The molecule has 2 nitrogen and oxygen atoms in total. The molecule has 0 amide bonds. The zero-order valence-corrected chi connectivity index (χ0v) is 11.5. The molecule has 1 atom stereocenters. The summed E-state index contributed by atoms with van der Waals surface area (Å²) >= 11 is 0. The van der Waals surface area contributed by atoms with E-state index in [1.807, 2.05) is 0 Å². The van der Waals surface area contributed by atoms with Crippen LogP contribution in [-0.4, -0.2) is 38.7 Å². The lowest BCUT2D eigenvalue weighted by Gasteiger charge is -2.32. The van der Waals surface area contributed by atoms with Crippen molar-refractivity contribution in [2.45, 2.75) is 51.0 Å². The summed E-state index contributed by atoms with van der Waals surface area (Å²) in [6.45, 7) is 1.04. The highest BCUT2D eigenvalue weighted by Crippen LogP contribution is 2.31. The van der Waals surface area contributed by atoms with Gasteiger partial charge < -0.3 is 10.1 Å². The van der Waals surface area contributed by atoms with E-state index in [4.69, 9.17) is 4.74 Å². The number of halogens is 4. The van der Waals surface area contributed by atoms with Crippen molar-refractivity contribution in [1.82, 2.24) is 5.32 Å². The third kappa shape index (κ3) is 5.26. The Kier molecular flexibility index (Phi) is 6.53. The van der Waals surface area contributed by atoms with Crippen molar-refractivity contribution in [1.29, 1.82) is 0 Å². The summed E-state index contributed by atoms with van der Waals surface area (Å²) in [4.78, 5) is 0. The van der Waals surface area contributed by atoms with Crippen molar-refractivity contribution >= 4 is 0 Å². The van der Waals surface area contributed by atoms with E-state index in [2.05, 4.69) is 12.2 Å². The Morgan fingerprint density at radius 1 is 1.21 bits per heavy atom. The second kappa shape index (κ2) is 7.43. The average molecular weight is 285 g/mol. The number of likely N-dealkylation sites (N-methyl/N-ethyl adjacent to an activating group) is 1. The van der Waals surface area contributed by atoms with Crippen LogP contribution in [0.3, 0.4) is 0 Å². The second-order valence-electron chi connectivity index (χ2n) is 5.49. The summed E-state index contributed by atoms with van der Waals surface area (Å²) in [6, 6.07) is -0.0408. The van der Waals surface area contributed by atoms with Gasteiger partial charge in [0.15, 0.2) is 0 Å². The van der Waals surface area contributed by atoms with Crippen molar-refractivity contribution in [3.8, 4) is 0 Å². The van der Waals surface area contributed by atoms with E-state index in [9.17, 15) is 17.6 Å². The van der Waals surface area contributed by atoms with Gasteiger partial charge in [-0.25, -0.2) is 8.78 Å². The Bertz CT molecular complexity index is 255. The third-order valence-electron chi connectivity index (χ3n) is 3.91. The van der Waals surface area contributed by atoms with Gasteiger partial charge in [0.2, 0.25) is 0 Å². The molecular formula is C13H23F4NO. The van der Waals surface area contributed by atoms with Crippen molar-refractivity contribution in [2.24, 2.45) is 11.8 Å². The molecule has 1 N–H and O–H groups in total. The second-order valence-corrected chi connectivity index (χ2v) is 5.49. The molecule has 0 saturated heterocycles. The van der Waals surface area contributed by atoms with Gasteiger partial charge in [0.1, 0.15) is 6.61 Å². The van der Waals surface area contributed by atoms with Gasteiger partial charge in [0.05, 0.1) is 6.61 Å². The topological polar surface area (TPSA) is 21.3 Å². The van der Waals surface area contributed by atoms with Crippen LogP contribution in [-0.2, 0) is 4.74 Å². The maximum Gasteiger partial charge on any atom is 0.330 e. The zero-order valence-electron chi connectivity index (χ0n) is 11.5. The van der Waals surface area contributed by atoms with E-state index in [1.54, 1.807) is 7.05 Å². The van der Waals surface area contributed by atoms with Gasteiger partial charge in [0, 0.05) is 6.04 Å². The van der Waals surface area contributed by atoms with Crippen molar-refractivity contribution in [2.75, 3.05) is 20.3 Å². The highest BCUT2D eigenvalue weighted by Gasteiger charge is 2.41. The molecule has 1 aliphatic rings. The van der Waals surface area contributed by atoms with Gasteiger partial charge >= 0.3 is 12.3 Å². The Morgan fingerprint density at radius 2 is 1.79 bits per heavy atom. The quantitative estimate of drug-likeness (QED) is 0.725. The summed E-state index contributed by atoms with van der Waals surface area (Å²) in [6.07, 6.45) is 0.630. The molecule has 0 heterocycles. The number of hydrogen-bond acceptors (Lipinski definition) is 2. The molecule has 0 aromatic rings. The molecule has 1 rings (SSSR count). The Labute approximate surface area is 111 Å². The lowest BCUT2D eigenvalue weighted by molar-refractivity contribution is -0.167. The number of hydrogen-bond donors (Lipinski definition) is 1. The molecule has 0 bridgehead atoms. The first-order valence-electron chi connectivity index (χ1n) is 6.77. The summed E-state index contributed by atoms with van der Waals surface area (Å²) in [5.74, 6) is -2.97. The minimum Gasteiger partial charge on any atom is -0.373 e. The monoisotopic (exact) mass is 285 g/mol. The highest BCUT2D eigenvalue weighted by molar-refractivity contribution is 4.80. The molecule has 0 radical (unpaired) electrons. The fourth-order valence-electron chi connectivity index (χ4n) is 2.53. The predicted molar refractivity (Wildman–Crippen MR) is 65.7 cm³/mol. The number of nitrogens with one attached hydrogen (secondary N) is 1. The predicted octanol–water partition coefficient (Wildman–Crippen LogP) is 3.32. The van der Waals surface area contributed by atoms with Crippen LogP contribution in [0.25, 0.3) is 0 Å². The number of rotatable bonds is 7. The van der Waals surface area contributed by atoms with Gasteiger partial charge in [-0.3, -0.25) is 0 Å². The molecule has 0 aliphatic heterocycles. The fourth-order valence-corrected chi connectivity index (χ4v) is 2.53. The van der Waals surface area contributed by atoms with E-state index in [0.29, 0.717) is 11.8 Å². The molecule has 0 aromatic heterocycles. The summed E-state index contributed by atoms with van der Waals surface area (Å²) < 4.78 is 54.1. The van der Waals surface area contributed by atoms with Crippen LogP contribution >= 0.6 is 0 Å². The standard InChI is InChI=1S/C13H23F4NO/c1-9-3-5-10(6-4-9)11(18-2)7-19-8-13(16,17)12(14)15/h9-12,18H,3-8H2,1-2H3. The minimum absolute atomic E-state index is 0.0408. The van der Waals surface area contributed by atoms with Crippen LogP contribution in [0.5, 0.6) is 0 Å². The molecule has 0 aromatic carbocycles. The van der Waals surface area contributed by atoms with E-state index < -0.39 is 19.0 Å². The van der Waals surface area contributed by atoms with E-state index >= 15 is 0 Å². The van der Waals surface area contributed by atoms with Crippen LogP contribution in [0.1, 0.15) is 32.6 Å². The molecule has 114 valence electrons. The molecule has 1 aliphatic carbocycles. The zero-order chi connectivity index (χ0) is 14.5. The molecule has 6 heteroatoms. The maximum atomic E-state index is 12.7. The number of ether oxygens (including phenoxy) is 1. The smallest absolute Gasteiger partial charge is 0.330 e. The first-order valence-corrected chi connectivity index (χ1v) is 6.77. The lowest BCUT2D eigenvalue weighted by Crippen LogP contribution is -2.41. The fraction of sp³-hybridized carbons (Fsp3) is 1.00. The Hall–Kier alpha value is -0.360. The Balaban J connectivity index is 2.33. The van der Waals surface area contributed by atoms with Crippen LogP contribution in [0.4, 0.5) is 17.6 Å². The van der Waals surface area contributed by atoms with Crippen LogP contribution in [0.2, 0.25) is 0 Å². The summed E-state index contributed by atoms with van der Waals surface area (Å²) in [7, 11) is 1.75.